The fraction of sp³-hybridized carbons (Fsp3) is 0. The number of hydrogen-bond acceptors (Lipinski definition) is 0. The van der Waals surface area contributed by atoms with Crippen LogP contribution in [0.5, 0.6) is 0 Å². The van der Waals surface area contributed by atoms with Crippen LogP contribution < -0.4 is 0 Å². The van der Waals surface area contributed by atoms with Crippen LogP contribution >= 0.6 is 0 Å². The fourth-order valence-electron chi connectivity index (χ4n) is 0. The summed E-state index contributed by atoms with van der Waals surface area (Å²) in [5.41, 5.74) is 0. The minimum Gasteiger partial charge on any atom is -0.412 e. The van der Waals surface area contributed by atoms with Crippen LogP contribution in [0.15, 0.2) is 0 Å². The third-order valence-corrected chi connectivity index (χ3v) is 0. The van der Waals surface area contributed by atoms with Crippen molar-refractivity contribution in [3.05, 3.63) is 0 Å². The Kier molecular flexibility index (Phi) is 1200. The summed E-state index contributed by atoms with van der Waals surface area (Å²) >= 11 is 0. The molecule has 0 aliphatic carbocycles. The molecule has 0 aliphatic rings. The minimum atomic E-state index is 0. The molecule has 0 atom stereocenters. The quantitative estimate of drug-likeness (QED) is 0.435. The summed E-state index contributed by atoms with van der Waals surface area (Å²) in [6.45, 7) is 0. The Labute approximate surface area is 59.8 Å². The van der Waals surface area contributed by atoms with Crippen molar-refractivity contribution in [2.24, 2.45) is 0 Å². The maximum absolute atomic E-state index is 0. The molecule has 0 aliphatic heterocycles. The van der Waals surface area contributed by atoms with Crippen molar-refractivity contribution in [3.8, 4) is 0 Å². The molecule has 0 amide bonds. The molecule has 3 nitrogen and oxygen atoms in total. The SMILES string of the molecule is O.O.O.[Ag].[W]. The first kappa shape index (κ1) is 104. The second-order valence-corrected chi connectivity index (χ2v) is 0. The molecule has 5 heavy (non-hydrogen) atoms. The van der Waals surface area contributed by atoms with E-state index in [1.165, 1.54) is 0 Å². The predicted molar refractivity (Wildman–Crippen MR) is 10.8 cm³/mol. The van der Waals surface area contributed by atoms with Gasteiger partial charge in [-0.05, 0) is 0 Å². The molecule has 0 saturated heterocycles. The molecule has 0 aromatic heterocycles. The van der Waals surface area contributed by atoms with Crippen LogP contribution in [0.4, 0.5) is 0 Å². The monoisotopic (exact) mass is 345 g/mol. The van der Waals surface area contributed by atoms with Crippen LogP contribution in [-0.4, -0.2) is 16.4 Å². The van der Waals surface area contributed by atoms with Gasteiger partial charge < -0.3 is 16.4 Å². The van der Waals surface area contributed by atoms with Gasteiger partial charge in [0.05, 0.1) is 0 Å². The Hall–Kier alpha value is 1.31. The van der Waals surface area contributed by atoms with E-state index in [2.05, 4.69) is 0 Å². The summed E-state index contributed by atoms with van der Waals surface area (Å²) < 4.78 is 0. The standard InChI is InChI=1S/Ag.3H2O.W/h;3*1H2;. The van der Waals surface area contributed by atoms with Gasteiger partial charge in [-0.15, -0.1) is 0 Å². The first-order chi connectivity index (χ1) is 0. The summed E-state index contributed by atoms with van der Waals surface area (Å²) in [5, 5.41) is 0. The van der Waals surface area contributed by atoms with Crippen molar-refractivity contribution < 1.29 is 59.9 Å². The normalized spacial score (nSPS) is 0. The molecule has 5 heteroatoms. The van der Waals surface area contributed by atoms with Gasteiger partial charge in [0.15, 0.2) is 0 Å². The molecule has 0 spiro atoms. The Balaban J connectivity index is 0. The van der Waals surface area contributed by atoms with Crippen LogP contribution in [-0.2, 0) is 43.4 Å². The molecule has 1 radical (unpaired) electrons. The summed E-state index contributed by atoms with van der Waals surface area (Å²) in [6, 6.07) is 0. The maximum Gasteiger partial charge on any atom is 0 e. The average Bonchev–Trinajstić information content (AvgIpc) is 0. The van der Waals surface area contributed by atoms with Gasteiger partial charge in [-0.3, -0.25) is 0 Å². The molecular formula is H6AgO3W. The van der Waals surface area contributed by atoms with Gasteiger partial charge in [-0.1, -0.05) is 0 Å². The molecular weight excluding hydrogens is 340 g/mol. The molecule has 0 heterocycles. The molecule has 6 N–H and O–H groups in total. The number of rotatable bonds is 0. The topological polar surface area (TPSA) is 94.5 Å². The Morgan fingerprint density at radius 3 is 0.600 bits per heavy atom. The van der Waals surface area contributed by atoms with Gasteiger partial charge >= 0.3 is 0 Å². The molecule has 41 valence electrons. The van der Waals surface area contributed by atoms with E-state index < -0.39 is 0 Å². The third-order valence-electron chi connectivity index (χ3n) is 0. The van der Waals surface area contributed by atoms with Crippen molar-refractivity contribution in [3.63, 3.8) is 0 Å². The molecule has 0 aromatic rings. The van der Waals surface area contributed by atoms with Crippen LogP contribution in [0.1, 0.15) is 0 Å². The average molecular weight is 346 g/mol. The van der Waals surface area contributed by atoms with Gasteiger partial charge in [0.25, 0.3) is 0 Å². The smallest absolute Gasteiger partial charge is 0 e. The first-order valence-electron chi connectivity index (χ1n) is 0. The second-order valence-electron chi connectivity index (χ2n) is 0. The zero-order valence-electron chi connectivity index (χ0n) is 2.21. The molecule has 0 unspecified atom stereocenters. The van der Waals surface area contributed by atoms with Crippen LogP contribution in [0.3, 0.4) is 0 Å². The Morgan fingerprint density at radius 2 is 0.600 bits per heavy atom. The van der Waals surface area contributed by atoms with E-state index in [4.69, 9.17) is 0 Å². The molecule has 0 fully saturated rings. The Bertz CT molecular complexity index is 6.85. The summed E-state index contributed by atoms with van der Waals surface area (Å²) in [4.78, 5) is 0. The van der Waals surface area contributed by atoms with Crippen molar-refractivity contribution in [2.45, 2.75) is 0 Å². The van der Waals surface area contributed by atoms with E-state index in [9.17, 15) is 0 Å². The van der Waals surface area contributed by atoms with Gasteiger partial charge in [0.1, 0.15) is 0 Å². The zero-order valence-corrected chi connectivity index (χ0v) is 6.63. The summed E-state index contributed by atoms with van der Waals surface area (Å²) in [6.07, 6.45) is 0. The van der Waals surface area contributed by atoms with Crippen molar-refractivity contribution in [1.82, 2.24) is 0 Å². The summed E-state index contributed by atoms with van der Waals surface area (Å²) in [7, 11) is 0. The molecule has 0 aromatic carbocycles. The second kappa shape index (κ2) is 57.6. The first-order valence-corrected chi connectivity index (χ1v) is 0. The molecule has 0 bridgehead atoms. The van der Waals surface area contributed by atoms with Crippen LogP contribution in [0.25, 0.3) is 0 Å². The molecule has 0 rings (SSSR count). The van der Waals surface area contributed by atoms with Crippen LogP contribution in [0, 0.1) is 0 Å². The van der Waals surface area contributed by atoms with Gasteiger partial charge in [-0.2, -0.15) is 0 Å². The van der Waals surface area contributed by atoms with E-state index in [-0.39, 0.29) is 59.9 Å². The zero-order chi connectivity index (χ0) is 0. The van der Waals surface area contributed by atoms with Crippen molar-refractivity contribution >= 4 is 0 Å². The van der Waals surface area contributed by atoms with Gasteiger partial charge in [0.2, 0.25) is 0 Å². The van der Waals surface area contributed by atoms with Gasteiger partial charge in [0, 0.05) is 43.4 Å². The van der Waals surface area contributed by atoms with E-state index in [1.54, 1.807) is 0 Å². The summed E-state index contributed by atoms with van der Waals surface area (Å²) in [5.74, 6) is 0. The maximum atomic E-state index is 0. The largest absolute Gasteiger partial charge is 0.412 e. The van der Waals surface area contributed by atoms with E-state index in [0.29, 0.717) is 0 Å². The fourth-order valence-corrected chi connectivity index (χ4v) is 0. The van der Waals surface area contributed by atoms with E-state index >= 15 is 0 Å². The van der Waals surface area contributed by atoms with E-state index in [0.717, 1.165) is 0 Å². The Morgan fingerprint density at radius 1 is 0.600 bits per heavy atom. The van der Waals surface area contributed by atoms with E-state index in [1.807, 2.05) is 0 Å². The molecule has 0 saturated carbocycles. The number of hydrogen-bond donors (Lipinski definition) is 0. The van der Waals surface area contributed by atoms with Gasteiger partial charge in [-0.25, -0.2) is 0 Å². The third kappa shape index (κ3) is 33.9. The minimum absolute atomic E-state index is 0. The van der Waals surface area contributed by atoms with Crippen LogP contribution in [0.2, 0.25) is 0 Å². The van der Waals surface area contributed by atoms with Crippen molar-refractivity contribution in [1.29, 1.82) is 0 Å². The predicted octanol–water partition coefficient (Wildman–Crippen LogP) is -2.48. The van der Waals surface area contributed by atoms with Crippen molar-refractivity contribution in [2.75, 3.05) is 0 Å².